The van der Waals surface area contributed by atoms with E-state index in [-0.39, 0.29) is 10.8 Å². The summed E-state index contributed by atoms with van der Waals surface area (Å²) < 4.78 is 4.37. The molecule has 0 N–H and O–H groups in total. The lowest BCUT2D eigenvalue weighted by molar-refractivity contribution is -0.184. The number of fused-ring (bicyclic) bond motifs is 1. The van der Waals surface area contributed by atoms with Gasteiger partial charge in [-0.3, -0.25) is 0 Å². The van der Waals surface area contributed by atoms with Crippen LogP contribution in [-0.4, -0.2) is 34.5 Å². The quantitative estimate of drug-likeness (QED) is 0.654. The molecule has 136 valence electrons. The summed E-state index contributed by atoms with van der Waals surface area (Å²) in [6, 6.07) is 0.795. The van der Waals surface area contributed by atoms with Gasteiger partial charge in [0.2, 0.25) is 7.14 Å². The third-order valence-corrected chi connectivity index (χ3v) is 8.70. The van der Waals surface area contributed by atoms with Crippen molar-refractivity contribution in [1.82, 2.24) is 9.34 Å². The Hall–Kier alpha value is 0.600. The topological polar surface area (TPSA) is 29.5 Å². The largest absolute Gasteiger partial charge is 0.636 e. The molecule has 2 rings (SSSR count). The molecular formula is C18H36ClN2OP. The molecule has 3 nitrogen and oxygen atoms in total. The predicted octanol–water partition coefficient (Wildman–Crippen LogP) is 5.06. The first kappa shape index (κ1) is 19.9. The van der Waals surface area contributed by atoms with Crippen LogP contribution in [0.5, 0.6) is 0 Å². The molecule has 5 heteroatoms. The molecule has 2 atom stereocenters. The highest BCUT2D eigenvalue weighted by Gasteiger charge is 2.58. The Labute approximate surface area is 149 Å². The van der Waals surface area contributed by atoms with E-state index in [1.54, 1.807) is 0 Å². The Morgan fingerprint density at radius 3 is 1.52 bits per heavy atom. The molecule has 0 spiro atoms. The second kappa shape index (κ2) is 7.08. The lowest BCUT2D eigenvalue weighted by Gasteiger charge is -2.36. The van der Waals surface area contributed by atoms with Crippen LogP contribution in [0.15, 0.2) is 0 Å². The molecule has 0 amide bonds. The molecule has 1 saturated carbocycles. The molecule has 0 unspecified atom stereocenters. The molecule has 2 aliphatic rings. The van der Waals surface area contributed by atoms with Gasteiger partial charge in [-0.05, 0) is 36.5 Å². The smallest absolute Gasteiger partial charge is 0.214 e. The van der Waals surface area contributed by atoms with Crippen molar-refractivity contribution in [2.24, 2.45) is 10.8 Å². The number of rotatable bonds is 4. The molecule has 23 heavy (non-hydrogen) atoms. The molecule has 0 aromatic heterocycles. The van der Waals surface area contributed by atoms with Crippen molar-refractivity contribution in [1.29, 1.82) is 0 Å². The summed E-state index contributed by atoms with van der Waals surface area (Å²) in [6.07, 6.45) is 6.88. The number of hydrogen-bond donors (Lipinski definition) is 0. The summed E-state index contributed by atoms with van der Waals surface area (Å²) in [7, 11) is -2.90. The van der Waals surface area contributed by atoms with E-state index in [0.29, 0.717) is 12.1 Å². The van der Waals surface area contributed by atoms with Gasteiger partial charge in [0, 0.05) is 13.1 Å². The second-order valence-corrected chi connectivity index (χ2v) is 13.1. The molecular weight excluding hydrogens is 327 g/mol. The second-order valence-electron chi connectivity index (χ2n) is 9.84. The molecule has 2 fully saturated rings. The van der Waals surface area contributed by atoms with Crippen molar-refractivity contribution in [3.8, 4) is 0 Å². The maximum atomic E-state index is 13.5. The summed E-state index contributed by atoms with van der Waals surface area (Å²) in [6.45, 7) is 15.2. The van der Waals surface area contributed by atoms with Gasteiger partial charge in [-0.2, -0.15) is 0 Å². The van der Waals surface area contributed by atoms with Gasteiger partial charge in [0.05, 0.1) is 12.1 Å². The van der Waals surface area contributed by atoms with E-state index in [9.17, 15) is 4.89 Å². The average molecular weight is 363 g/mol. The lowest BCUT2D eigenvalue weighted by atomic mass is 9.88. The Bertz CT molecular complexity index is 367. The van der Waals surface area contributed by atoms with Gasteiger partial charge in [0.1, 0.15) is 11.2 Å². The van der Waals surface area contributed by atoms with Gasteiger partial charge in [0.25, 0.3) is 0 Å². The summed E-state index contributed by atoms with van der Waals surface area (Å²) in [5.74, 6) is 0. The van der Waals surface area contributed by atoms with Crippen LogP contribution in [0.4, 0.5) is 0 Å². The fraction of sp³-hybridized carbons (Fsp3) is 1.00. The fourth-order valence-corrected chi connectivity index (χ4v) is 7.16. The van der Waals surface area contributed by atoms with E-state index >= 15 is 0 Å². The first-order chi connectivity index (χ1) is 10.4. The van der Waals surface area contributed by atoms with Crippen molar-refractivity contribution in [2.45, 2.75) is 92.2 Å². The van der Waals surface area contributed by atoms with Crippen molar-refractivity contribution >= 4 is 18.4 Å². The van der Waals surface area contributed by atoms with Crippen molar-refractivity contribution in [2.75, 3.05) is 13.1 Å². The summed E-state index contributed by atoms with van der Waals surface area (Å²) in [5, 5.41) is 0. The summed E-state index contributed by atoms with van der Waals surface area (Å²) >= 11 is 6.74. The Morgan fingerprint density at radius 1 is 0.870 bits per heavy atom. The standard InChI is InChI=1S/C18H36ClN2OP/c1-17(2,3)11-13-20-15-9-7-8-10-16(15)21(23(20,19)22)14-12-18(4,5)6/h15-16H,7-14H2,1-6H3/t15-,16-/m1/s1. The van der Waals surface area contributed by atoms with Crippen LogP contribution in [0.3, 0.4) is 0 Å². The van der Waals surface area contributed by atoms with Crippen molar-refractivity contribution in [3.05, 3.63) is 0 Å². The molecule has 1 heterocycles. The Kier molecular flexibility index (Phi) is 6.13. The first-order valence-electron chi connectivity index (χ1n) is 9.26. The van der Waals surface area contributed by atoms with E-state index < -0.39 is 7.14 Å². The molecule has 1 aliphatic carbocycles. The van der Waals surface area contributed by atoms with Crippen LogP contribution >= 0.6 is 18.4 Å². The minimum absolute atomic E-state index is 0.250. The molecule has 1 saturated heterocycles. The van der Waals surface area contributed by atoms with Gasteiger partial charge < -0.3 is 4.89 Å². The number of halogens is 1. The zero-order valence-corrected chi connectivity index (χ0v) is 17.6. The van der Waals surface area contributed by atoms with Crippen LogP contribution in [-0.2, 0) is 0 Å². The third kappa shape index (κ3) is 5.05. The van der Waals surface area contributed by atoms with Crippen LogP contribution in [0, 0.1) is 10.8 Å². The SMILES string of the molecule is CC(C)(C)CCN1[C@@H]2CCCC[C@H]2N(CCC(C)(C)C)[P+]1([O-])Cl. The molecule has 0 radical (unpaired) electrons. The Balaban J connectivity index is 2.15. The zero-order chi connectivity index (χ0) is 17.5. The monoisotopic (exact) mass is 362 g/mol. The highest BCUT2D eigenvalue weighted by atomic mass is 35.7. The van der Waals surface area contributed by atoms with Crippen LogP contribution < -0.4 is 4.89 Å². The maximum Gasteiger partial charge on any atom is 0.214 e. The van der Waals surface area contributed by atoms with Crippen LogP contribution in [0.2, 0.25) is 0 Å². The van der Waals surface area contributed by atoms with E-state index in [1.807, 2.05) is 0 Å². The highest BCUT2D eigenvalue weighted by Crippen LogP contribution is 2.70. The van der Waals surface area contributed by atoms with Gasteiger partial charge >= 0.3 is 0 Å². The average Bonchev–Trinajstić information content (AvgIpc) is 2.58. The fourth-order valence-electron chi connectivity index (χ4n) is 3.78. The maximum absolute atomic E-state index is 13.5. The normalized spacial score (nSPS) is 29.7. The number of nitrogens with zero attached hydrogens (tertiary/aromatic N) is 2. The highest BCUT2D eigenvalue weighted by molar-refractivity contribution is 7.89. The van der Waals surface area contributed by atoms with E-state index in [2.05, 4.69) is 50.9 Å². The van der Waals surface area contributed by atoms with Gasteiger partial charge in [-0.25, -0.2) is 0 Å². The predicted molar refractivity (Wildman–Crippen MR) is 100 cm³/mol. The molecule has 0 aromatic rings. The molecule has 1 aliphatic heterocycles. The molecule has 0 bridgehead atoms. The molecule has 0 aromatic carbocycles. The van der Waals surface area contributed by atoms with E-state index in [0.717, 1.165) is 38.8 Å². The van der Waals surface area contributed by atoms with Crippen LogP contribution in [0.25, 0.3) is 0 Å². The van der Waals surface area contributed by atoms with Gasteiger partial charge in [0.15, 0.2) is 0 Å². The minimum atomic E-state index is -2.90. The van der Waals surface area contributed by atoms with Crippen molar-refractivity contribution in [3.63, 3.8) is 0 Å². The Morgan fingerprint density at radius 2 is 1.22 bits per heavy atom. The summed E-state index contributed by atoms with van der Waals surface area (Å²) in [4.78, 5) is 13.5. The number of hydrogen-bond acceptors (Lipinski definition) is 3. The van der Waals surface area contributed by atoms with Gasteiger partial charge in [-0.1, -0.05) is 54.4 Å². The third-order valence-electron chi connectivity index (χ3n) is 5.28. The van der Waals surface area contributed by atoms with E-state index in [4.69, 9.17) is 11.2 Å². The van der Waals surface area contributed by atoms with Crippen molar-refractivity contribution < 1.29 is 4.89 Å². The van der Waals surface area contributed by atoms with E-state index in [1.165, 1.54) is 12.8 Å². The minimum Gasteiger partial charge on any atom is -0.636 e. The zero-order valence-electron chi connectivity index (χ0n) is 15.9. The van der Waals surface area contributed by atoms with Gasteiger partial charge in [-0.15, -0.1) is 9.34 Å². The first-order valence-corrected chi connectivity index (χ1v) is 11.8. The summed E-state index contributed by atoms with van der Waals surface area (Å²) in [5.41, 5.74) is 0.500. The van der Waals surface area contributed by atoms with Crippen LogP contribution in [0.1, 0.15) is 80.1 Å². The lowest BCUT2D eigenvalue weighted by Crippen LogP contribution is -2.41.